The van der Waals surface area contributed by atoms with E-state index in [2.05, 4.69) is 18.3 Å². The van der Waals surface area contributed by atoms with E-state index >= 15 is 0 Å². The maximum absolute atomic E-state index is 5.84. The maximum atomic E-state index is 5.84. The smallest absolute Gasteiger partial charge is 0.124 e. The molecule has 0 amide bonds. The molecule has 0 unspecified atom stereocenters. The summed E-state index contributed by atoms with van der Waals surface area (Å²) in [5, 5.41) is 3.39. The van der Waals surface area contributed by atoms with Crippen LogP contribution >= 0.6 is 0 Å². The predicted molar refractivity (Wildman–Crippen MR) is 71.5 cm³/mol. The highest BCUT2D eigenvalue weighted by Crippen LogP contribution is 2.34. The molecule has 2 rings (SSSR count). The van der Waals surface area contributed by atoms with E-state index in [1.54, 1.807) is 0 Å². The SMILES string of the molecule is CCCOc1cc(N)ccc1C1CCNCC1. The van der Waals surface area contributed by atoms with Crippen molar-refractivity contribution in [1.82, 2.24) is 5.32 Å². The van der Waals surface area contributed by atoms with Crippen LogP contribution in [0, 0.1) is 0 Å². The molecule has 1 heterocycles. The van der Waals surface area contributed by atoms with Crippen LogP contribution in [0.4, 0.5) is 5.69 Å². The lowest BCUT2D eigenvalue weighted by molar-refractivity contribution is 0.309. The summed E-state index contributed by atoms with van der Waals surface area (Å²) in [5.41, 5.74) is 7.95. The molecule has 0 radical (unpaired) electrons. The molecule has 17 heavy (non-hydrogen) atoms. The Bertz CT molecular complexity index is 359. The molecule has 1 aromatic rings. The molecular weight excluding hydrogens is 212 g/mol. The molecule has 1 fully saturated rings. The fraction of sp³-hybridized carbons (Fsp3) is 0.571. The lowest BCUT2D eigenvalue weighted by Gasteiger charge is -2.25. The van der Waals surface area contributed by atoms with Crippen LogP contribution in [0.25, 0.3) is 0 Å². The van der Waals surface area contributed by atoms with Crippen molar-refractivity contribution in [2.24, 2.45) is 0 Å². The Hall–Kier alpha value is -1.22. The van der Waals surface area contributed by atoms with E-state index in [9.17, 15) is 0 Å². The number of ether oxygens (including phenoxy) is 1. The van der Waals surface area contributed by atoms with Crippen LogP contribution in [-0.4, -0.2) is 19.7 Å². The standard InChI is InChI=1S/C14H22N2O/c1-2-9-17-14-10-12(15)3-4-13(14)11-5-7-16-8-6-11/h3-4,10-11,16H,2,5-9,15H2,1H3. The number of rotatable bonds is 4. The first-order valence-electron chi connectivity index (χ1n) is 6.54. The van der Waals surface area contributed by atoms with E-state index in [0.717, 1.165) is 37.6 Å². The van der Waals surface area contributed by atoms with E-state index in [1.807, 2.05) is 12.1 Å². The van der Waals surface area contributed by atoms with Crippen LogP contribution in [0.3, 0.4) is 0 Å². The van der Waals surface area contributed by atoms with Gasteiger partial charge < -0.3 is 15.8 Å². The van der Waals surface area contributed by atoms with Gasteiger partial charge in [-0.25, -0.2) is 0 Å². The molecule has 1 aliphatic heterocycles. The number of nitrogen functional groups attached to an aromatic ring is 1. The highest BCUT2D eigenvalue weighted by atomic mass is 16.5. The minimum absolute atomic E-state index is 0.615. The molecule has 0 spiro atoms. The Balaban J connectivity index is 2.18. The summed E-state index contributed by atoms with van der Waals surface area (Å²) in [4.78, 5) is 0. The second kappa shape index (κ2) is 5.92. The zero-order valence-corrected chi connectivity index (χ0v) is 10.5. The monoisotopic (exact) mass is 234 g/mol. The van der Waals surface area contributed by atoms with Gasteiger partial charge >= 0.3 is 0 Å². The first-order valence-corrected chi connectivity index (χ1v) is 6.54. The summed E-state index contributed by atoms with van der Waals surface area (Å²) in [6, 6.07) is 6.08. The molecule has 0 atom stereocenters. The van der Waals surface area contributed by atoms with Gasteiger partial charge in [0.15, 0.2) is 0 Å². The number of nitrogens with two attached hydrogens (primary N) is 1. The molecule has 0 aromatic heterocycles. The molecule has 3 nitrogen and oxygen atoms in total. The summed E-state index contributed by atoms with van der Waals surface area (Å²) < 4.78 is 5.82. The number of hydrogen-bond donors (Lipinski definition) is 2. The molecule has 1 aromatic carbocycles. The fourth-order valence-corrected chi connectivity index (χ4v) is 2.36. The third kappa shape index (κ3) is 3.13. The van der Waals surface area contributed by atoms with Crippen LogP contribution in [-0.2, 0) is 0 Å². The number of piperidine rings is 1. The third-order valence-electron chi connectivity index (χ3n) is 3.28. The van der Waals surface area contributed by atoms with Gasteiger partial charge in [-0.15, -0.1) is 0 Å². The van der Waals surface area contributed by atoms with Gasteiger partial charge in [0.05, 0.1) is 6.61 Å². The van der Waals surface area contributed by atoms with Crippen LogP contribution in [0.15, 0.2) is 18.2 Å². The Kier molecular flexibility index (Phi) is 4.26. The second-order valence-corrected chi connectivity index (χ2v) is 4.67. The minimum Gasteiger partial charge on any atom is -0.493 e. The highest BCUT2D eigenvalue weighted by molar-refractivity contribution is 5.49. The molecule has 0 saturated carbocycles. The molecule has 1 saturated heterocycles. The molecular formula is C14H22N2O. The van der Waals surface area contributed by atoms with Crippen molar-refractivity contribution in [3.63, 3.8) is 0 Å². The van der Waals surface area contributed by atoms with Gasteiger partial charge in [0.1, 0.15) is 5.75 Å². The van der Waals surface area contributed by atoms with E-state index in [1.165, 1.54) is 18.4 Å². The average molecular weight is 234 g/mol. The Morgan fingerprint density at radius 2 is 2.12 bits per heavy atom. The van der Waals surface area contributed by atoms with E-state index in [0.29, 0.717) is 5.92 Å². The molecule has 0 aliphatic carbocycles. The quantitative estimate of drug-likeness (QED) is 0.787. The van der Waals surface area contributed by atoms with Crippen molar-refractivity contribution in [1.29, 1.82) is 0 Å². The summed E-state index contributed by atoms with van der Waals surface area (Å²) >= 11 is 0. The molecule has 3 N–H and O–H groups in total. The van der Waals surface area contributed by atoms with Crippen molar-refractivity contribution in [3.05, 3.63) is 23.8 Å². The topological polar surface area (TPSA) is 47.3 Å². The summed E-state index contributed by atoms with van der Waals surface area (Å²) in [7, 11) is 0. The second-order valence-electron chi connectivity index (χ2n) is 4.67. The van der Waals surface area contributed by atoms with Crippen molar-refractivity contribution in [3.8, 4) is 5.75 Å². The number of hydrogen-bond acceptors (Lipinski definition) is 3. The van der Waals surface area contributed by atoms with Crippen molar-refractivity contribution in [2.75, 3.05) is 25.4 Å². The van der Waals surface area contributed by atoms with E-state index in [4.69, 9.17) is 10.5 Å². The van der Waals surface area contributed by atoms with Gasteiger partial charge in [0.25, 0.3) is 0 Å². The number of anilines is 1. The largest absolute Gasteiger partial charge is 0.493 e. The van der Waals surface area contributed by atoms with E-state index in [-0.39, 0.29) is 0 Å². The number of benzene rings is 1. The Morgan fingerprint density at radius 3 is 2.82 bits per heavy atom. The Morgan fingerprint density at radius 1 is 1.35 bits per heavy atom. The van der Waals surface area contributed by atoms with Gasteiger partial charge in [-0.05, 0) is 49.9 Å². The first-order chi connectivity index (χ1) is 8.31. The normalized spacial score (nSPS) is 17.0. The molecule has 3 heteroatoms. The van der Waals surface area contributed by atoms with Gasteiger partial charge in [-0.2, -0.15) is 0 Å². The lowest BCUT2D eigenvalue weighted by atomic mass is 9.89. The van der Waals surface area contributed by atoms with Crippen molar-refractivity contribution >= 4 is 5.69 Å². The number of nitrogens with one attached hydrogen (secondary N) is 1. The fourth-order valence-electron chi connectivity index (χ4n) is 2.36. The molecule has 1 aliphatic rings. The van der Waals surface area contributed by atoms with Crippen molar-refractivity contribution in [2.45, 2.75) is 32.1 Å². The Labute approximate surface area is 103 Å². The van der Waals surface area contributed by atoms with Gasteiger partial charge in [0, 0.05) is 11.8 Å². The summed E-state index contributed by atoms with van der Waals surface area (Å²) in [6.07, 6.45) is 3.40. The average Bonchev–Trinajstić information content (AvgIpc) is 2.37. The van der Waals surface area contributed by atoms with Crippen LogP contribution in [0.2, 0.25) is 0 Å². The van der Waals surface area contributed by atoms with Crippen LogP contribution in [0.1, 0.15) is 37.7 Å². The lowest BCUT2D eigenvalue weighted by Crippen LogP contribution is -2.26. The van der Waals surface area contributed by atoms with Gasteiger partial charge in [-0.1, -0.05) is 13.0 Å². The van der Waals surface area contributed by atoms with Gasteiger partial charge in [-0.3, -0.25) is 0 Å². The zero-order valence-electron chi connectivity index (χ0n) is 10.5. The van der Waals surface area contributed by atoms with Crippen LogP contribution < -0.4 is 15.8 Å². The predicted octanol–water partition coefficient (Wildman–Crippen LogP) is 2.52. The van der Waals surface area contributed by atoms with E-state index < -0.39 is 0 Å². The third-order valence-corrected chi connectivity index (χ3v) is 3.28. The van der Waals surface area contributed by atoms with Gasteiger partial charge in [0.2, 0.25) is 0 Å². The minimum atomic E-state index is 0.615. The van der Waals surface area contributed by atoms with Crippen LogP contribution in [0.5, 0.6) is 5.75 Å². The maximum Gasteiger partial charge on any atom is 0.124 e. The zero-order chi connectivity index (χ0) is 12.1. The molecule has 94 valence electrons. The highest BCUT2D eigenvalue weighted by Gasteiger charge is 2.19. The van der Waals surface area contributed by atoms with Crippen molar-refractivity contribution < 1.29 is 4.74 Å². The summed E-state index contributed by atoms with van der Waals surface area (Å²) in [5.74, 6) is 1.60. The molecule has 0 bridgehead atoms. The summed E-state index contributed by atoms with van der Waals surface area (Å²) in [6.45, 7) is 5.09. The first kappa shape index (κ1) is 12.2.